The van der Waals surface area contributed by atoms with Gasteiger partial charge in [0.15, 0.2) is 0 Å². The van der Waals surface area contributed by atoms with Crippen LogP contribution in [0.1, 0.15) is 56.0 Å². The average molecular weight is 556 g/mol. The second kappa shape index (κ2) is 14.1. The predicted molar refractivity (Wildman–Crippen MR) is 168 cm³/mol. The zero-order valence-electron chi connectivity index (χ0n) is 23.5. The summed E-state index contributed by atoms with van der Waals surface area (Å²) in [6, 6.07) is 22.3. The molecule has 0 aliphatic carbocycles. The molecule has 0 bridgehead atoms. The van der Waals surface area contributed by atoms with Gasteiger partial charge in [-0.3, -0.25) is 9.97 Å². The highest BCUT2D eigenvalue weighted by molar-refractivity contribution is 6.30. The molecule has 3 N–H and O–H groups in total. The molecule has 4 aromatic rings. The Hall–Kier alpha value is -3.71. The zero-order chi connectivity index (χ0) is 28.5. The number of hydrogen-bond acceptors (Lipinski definition) is 6. The van der Waals surface area contributed by atoms with Crippen LogP contribution in [0.5, 0.6) is 0 Å². The van der Waals surface area contributed by atoms with Gasteiger partial charge in [-0.25, -0.2) is 0 Å². The van der Waals surface area contributed by atoms with Crippen LogP contribution in [0.2, 0.25) is 5.02 Å². The number of halogens is 1. The van der Waals surface area contributed by atoms with Crippen LogP contribution in [0, 0.1) is 0 Å². The van der Waals surface area contributed by atoms with Gasteiger partial charge in [0.05, 0.1) is 29.5 Å². The Bertz CT molecular complexity index is 1390. The van der Waals surface area contributed by atoms with Crippen LogP contribution in [-0.4, -0.2) is 35.3 Å². The van der Waals surface area contributed by atoms with E-state index in [2.05, 4.69) is 64.2 Å². The van der Waals surface area contributed by atoms with Crippen LogP contribution >= 0.6 is 11.6 Å². The Kier molecular flexibility index (Phi) is 10.3. The fourth-order valence-electron chi connectivity index (χ4n) is 4.64. The minimum atomic E-state index is -0.141. The highest BCUT2D eigenvalue weighted by Crippen LogP contribution is 2.34. The number of hydrogen-bond donors (Lipinski definition) is 2. The number of nitrogens with two attached hydrogens (primary N) is 1. The highest BCUT2D eigenvalue weighted by atomic mass is 35.5. The summed E-state index contributed by atoms with van der Waals surface area (Å²) >= 11 is 6.07. The second-order valence-electron chi connectivity index (χ2n) is 9.86. The Balaban J connectivity index is 1.73. The minimum absolute atomic E-state index is 0.141. The van der Waals surface area contributed by atoms with E-state index in [1.165, 1.54) is 0 Å². The van der Waals surface area contributed by atoms with Crippen molar-refractivity contribution in [3.8, 4) is 0 Å². The summed E-state index contributed by atoms with van der Waals surface area (Å²) in [4.78, 5) is 13.6. The largest absolute Gasteiger partial charge is 0.396 e. The smallest absolute Gasteiger partial charge is 0.0706 e. The maximum absolute atomic E-state index is 9.40. The number of allylic oxidation sites excluding steroid dienone is 1. The van der Waals surface area contributed by atoms with E-state index < -0.39 is 0 Å². The molecule has 0 saturated carbocycles. The first kappa shape index (κ1) is 29.3. The summed E-state index contributed by atoms with van der Waals surface area (Å²) in [6.45, 7) is 5.07. The first-order valence-electron chi connectivity index (χ1n) is 13.8. The topological polar surface area (TPSA) is 78.5 Å². The molecule has 0 aliphatic heterocycles. The van der Waals surface area contributed by atoms with E-state index in [1.807, 2.05) is 56.7 Å². The molecule has 0 aliphatic rings. The predicted octanol–water partition coefficient (Wildman–Crippen LogP) is 7.67. The monoisotopic (exact) mass is 555 g/mol. The van der Waals surface area contributed by atoms with Crippen LogP contribution in [-0.2, 0) is 0 Å². The van der Waals surface area contributed by atoms with Crippen molar-refractivity contribution in [1.29, 1.82) is 0 Å². The van der Waals surface area contributed by atoms with Gasteiger partial charge in [0.25, 0.3) is 0 Å². The number of aliphatic hydroxyl groups is 1. The molecule has 1 atom stereocenters. The Labute approximate surface area is 242 Å². The van der Waals surface area contributed by atoms with Crippen molar-refractivity contribution in [2.45, 2.75) is 39.2 Å². The van der Waals surface area contributed by atoms with Gasteiger partial charge >= 0.3 is 0 Å². The second-order valence-corrected chi connectivity index (χ2v) is 10.3. The van der Waals surface area contributed by atoms with E-state index in [1.54, 1.807) is 6.20 Å². The molecule has 2 aromatic carbocycles. The van der Waals surface area contributed by atoms with Gasteiger partial charge in [-0.1, -0.05) is 24.6 Å². The third-order valence-corrected chi connectivity index (χ3v) is 7.12. The number of aromatic nitrogens is 2. The molecule has 40 heavy (non-hydrogen) atoms. The summed E-state index contributed by atoms with van der Waals surface area (Å²) in [6.07, 6.45) is 10.2. The number of nitrogens with zero attached hydrogens (tertiary/aromatic N) is 4. The lowest BCUT2D eigenvalue weighted by Gasteiger charge is -2.27. The van der Waals surface area contributed by atoms with Gasteiger partial charge in [-0.15, -0.1) is 0 Å². The number of aliphatic hydroxyl groups excluding tert-OH is 1. The highest BCUT2D eigenvalue weighted by Gasteiger charge is 2.16. The number of benzene rings is 2. The van der Waals surface area contributed by atoms with Crippen LogP contribution in [0.15, 0.2) is 91.4 Å². The summed E-state index contributed by atoms with van der Waals surface area (Å²) in [5.74, 6) is 0. The minimum Gasteiger partial charge on any atom is -0.396 e. The zero-order valence-corrected chi connectivity index (χ0v) is 24.2. The van der Waals surface area contributed by atoms with Crippen LogP contribution < -0.4 is 15.5 Å². The molecular weight excluding hydrogens is 518 g/mol. The molecule has 6 nitrogen and oxygen atoms in total. The number of unbranched alkanes of at least 4 members (excludes halogenated alkanes) is 1. The molecule has 0 saturated heterocycles. The van der Waals surface area contributed by atoms with E-state index in [0.717, 1.165) is 71.0 Å². The number of rotatable bonds is 12. The summed E-state index contributed by atoms with van der Waals surface area (Å²) < 4.78 is 0. The molecule has 4 rings (SSSR count). The van der Waals surface area contributed by atoms with Crippen molar-refractivity contribution in [3.05, 3.63) is 113 Å². The van der Waals surface area contributed by atoms with Crippen molar-refractivity contribution in [1.82, 2.24) is 9.97 Å². The third kappa shape index (κ3) is 7.27. The van der Waals surface area contributed by atoms with Gasteiger partial charge in [0.2, 0.25) is 0 Å². The molecule has 0 radical (unpaired) electrons. The SMILES string of the molecule is CC/C=C(\c1cc(C(C)N)cc(N(CCCCO)c2cccnc2)c1)c1ccc(N(C)c2ccc(Cl)cc2)cn1. The number of anilines is 4. The Morgan fingerprint density at radius 2 is 1.75 bits per heavy atom. The van der Waals surface area contributed by atoms with E-state index >= 15 is 0 Å². The van der Waals surface area contributed by atoms with Crippen molar-refractivity contribution in [2.24, 2.45) is 5.73 Å². The fraction of sp³-hybridized carbons (Fsp3) is 0.273. The Morgan fingerprint density at radius 3 is 2.38 bits per heavy atom. The van der Waals surface area contributed by atoms with Gasteiger partial charge in [-0.05, 0) is 104 Å². The lowest BCUT2D eigenvalue weighted by Crippen LogP contribution is -2.20. The molecule has 7 heteroatoms. The van der Waals surface area contributed by atoms with E-state index in [0.29, 0.717) is 5.02 Å². The van der Waals surface area contributed by atoms with Crippen LogP contribution in [0.25, 0.3) is 5.57 Å². The van der Waals surface area contributed by atoms with Crippen LogP contribution in [0.3, 0.4) is 0 Å². The maximum atomic E-state index is 9.40. The Morgan fingerprint density at radius 1 is 0.975 bits per heavy atom. The summed E-state index contributed by atoms with van der Waals surface area (Å²) in [5, 5.41) is 10.1. The van der Waals surface area contributed by atoms with E-state index in [9.17, 15) is 5.11 Å². The molecular formula is C33H38ClN5O. The van der Waals surface area contributed by atoms with Gasteiger partial charge in [0.1, 0.15) is 0 Å². The average Bonchev–Trinajstić information content (AvgIpc) is 2.98. The molecule has 208 valence electrons. The van der Waals surface area contributed by atoms with Crippen molar-refractivity contribution in [3.63, 3.8) is 0 Å². The van der Waals surface area contributed by atoms with Gasteiger partial charge in [0, 0.05) is 54.4 Å². The van der Waals surface area contributed by atoms with E-state index in [-0.39, 0.29) is 12.6 Å². The first-order valence-corrected chi connectivity index (χ1v) is 14.1. The molecule has 2 aromatic heterocycles. The lowest BCUT2D eigenvalue weighted by molar-refractivity contribution is 0.285. The number of pyridine rings is 2. The van der Waals surface area contributed by atoms with E-state index in [4.69, 9.17) is 22.3 Å². The van der Waals surface area contributed by atoms with Crippen molar-refractivity contribution in [2.75, 3.05) is 30.0 Å². The first-order chi connectivity index (χ1) is 19.4. The molecule has 0 spiro atoms. The normalized spacial score (nSPS) is 12.3. The van der Waals surface area contributed by atoms with Gasteiger partial charge in [-0.2, -0.15) is 0 Å². The van der Waals surface area contributed by atoms with Crippen molar-refractivity contribution < 1.29 is 5.11 Å². The summed E-state index contributed by atoms with van der Waals surface area (Å²) in [7, 11) is 2.02. The molecule has 1 unspecified atom stereocenters. The molecule has 0 fully saturated rings. The maximum Gasteiger partial charge on any atom is 0.0706 e. The van der Waals surface area contributed by atoms with Crippen LogP contribution in [0.4, 0.5) is 22.7 Å². The molecule has 0 amide bonds. The standard InChI is InChI=1S/C33H38ClN5O/c1-4-8-32(33-15-14-29(23-37-33)38(3)28-12-10-27(34)11-13-28)26-19-25(24(2)35)20-31(21-26)39(17-5-6-18-40)30-9-7-16-36-22-30/h7-16,19-24,40H,4-6,17-18,35H2,1-3H3/b32-8+. The molecule has 2 heterocycles. The lowest BCUT2D eigenvalue weighted by atomic mass is 9.95. The van der Waals surface area contributed by atoms with Crippen molar-refractivity contribution >= 4 is 39.9 Å². The fourth-order valence-corrected chi connectivity index (χ4v) is 4.77. The van der Waals surface area contributed by atoms with Gasteiger partial charge < -0.3 is 20.6 Å². The summed E-state index contributed by atoms with van der Waals surface area (Å²) in [5.41, 5.74) is 14.6. The third-order valence-electron chi connectivity index (χ3n) is 6.87. The quantitative estimate of drug-likeness (QED) is 0.175.